The predicted molar refractivity (Wildman–Crippen MR) is 141 cm³/mol. The lowest BCUT2D eigenvalue weighted by Crippen LogP contribution is -2.58. The Morgan fingerprint density at radius 2 is 2.03 bits per heavy atom. The Bertz CT molecular complexity index is 1180. The van der Waals surface area contributed by atoms with E-state index in [1.807, 2.05) is 37.0 Å². The first-order valence-corrected chi connectivity index (χ1v) is 13.2. The van der Waals surface area contributed by atoms with Gasteiger partial charge in [0.1, 0.15) is 6.04 Å². The third-order valence-electron chi connectivity index (χ3n) is 7.21. The van der Waals surface area contributed by atoms with Crippen LogP contribution < -0.4 is 5.32 Å². The first kappa shape index (κ1) is 24.4. The lowest BCUT2D eigenvalue weighted by Gasteiger charge is -2.42. The highest BCUT2D eigenvalue weighted by atomic mass is 79.9. The summed E-state index contributed by atoms with van der Waals surface area (Å²) < 4.78 is 3.04. The number of piperazine rings is 1. The number of aromatic nitrogens is 3. The van der Waals surface area contributed by atoms with Crippen LogP contribution in [0.3, 0.4) is 0 Å². The molecule has 0 radical (unpaired) electrons. The minimum atomic E-state index is -0.231. The van der Waals surface area contributed by atoms with Gasteiger partial charge in [-0.2, -0.15) is 0 Å². The van der Waals surface area contributed by atoms with Crippen molar-refractivity contribution in [2.24, 2.45) is 0 Å². The van der Waals surface area contributed by atoms with Crippen molar-refractivity contribution in [3.8, 4) is 0 Å². The van der Waals surface area contributed by atoms with Crippen molar-refractivity contribution in [3.63, 3.8) is 0 Å². The molecule has 2 atom stereocenters. The molecule has 5 rings (SSSR count). The SMILES string of the molecule is Cc1cncn1CCNC(=O)[C@H]1CN(C2c3ccc(Cl)cc3CCc3cc(Br)cnc32)CCN1C. The molecule has 1 saturated heterocycles. The van der Waals surface area contributed by atoms with Crippen LogP contribution in [-0.4, -0.2) is 69.5 Å². The van der Waals surface area contributed by atoms with Gasteiger partial charge >= 0.3 is 0 Å². The van der Waals surface area contributed by atoms with Crippen LogP contribution in [0.5, 0.6) is 0 Å². The molecule has 7 nitrogen and oxygen atoms in total. The molecule has 1 aliphatic carbocycles. The summed E-state index contributed by atoms with van der Waals surface area (Å²) in [5.41, 5.74) is 5.90. The van der Waals surface area contributed by atoms with Crippen molar-refractivity contribution < 1.29 is 4.79 Å². The van der Waals surface area contributed by atoms with Gasteiger partial charge in [-0.15, -0.1) is 0 Å². The van der Waals surface area contributed by atoms with Crippen LogP contribution in [-0.2, 0) is 24.2 Å². The molecule has 3 aromatic rings. The molecular formula is C26H30BrClN6O. The third-order valence-corrected chi connectivity index (χ3v) is 7.88. The Morgan fingerprint density at radius 1 is 1.20 bits per heavy atom. The number of benzene rings is 1. The van der Waals surface area contributed by atoms with E-state index in [1.54, 1.807) is 6.33 Å². The third kappa shape index (κ3) is 5.16. The summed E-state index contributed by atoms with van der Waals surface area (Å²) in [6, 6.07) is 8.14. The van der Waals surface area contributed by atoms with E-state index < -0.39 is 0 Å². The number of nitrogens with zero attached hydrogens (tertiary/aromatic N) is 5. The van der Waals surface area contributed by atoms with E-state index in [2.05, 4.69) is 54.2 Å². The molecule has 3 heterocycles. The van der Waals surface area contributed by atoms with E-state index in [0.717, 1.165) is 46.8 Å². The zero-order chi connectivity index (χ0) is 24.5. The number of hydrogen-bond acceptors (Lipinski definition) is 5. The molecule has 2 aromatic heterocycles. The molecule has 0 spiro atoms. The van der Waals surface area contributed by atoms with E-state index in [4.69, 9.17) is 16.6 Å². The minimum absolute atomic E-state index is 0.00883. The zero-order valence-corrected chi connectivity index (χ0v) is 22.4. The van der Waals surface area contributed by atoms with Crippen LogP contribution >= 0.6 is 27.5 Å². The molecule has 0 bridgehead atoms. The maximum absolute atomic E-state index is 13.3. The zero-order valence-electron chi connectivity index (χ0n) is 20.0. The lowest BCUT2D eigenvalue weighted by molar-refractivity contribution is -0.128. The highest BCUT2D eigenvalue weighted by Gasteiger charge is 2.37. The van der Waals surface area contributed by atoms with E-state index >= 15 is 0 Å². The average molecular weight is 558 g/mol. The molecule has 1 N–H and O–H groups in total. The number of rotatable bonds is 5. The van der Waals surface area contributed by atoms with Crippen LogP contribution in [0.2, 0.25) is 5.02 Å². The number of halogens is 2. The van der Waals surface area contributed by atoms with E-state index in [-0.39, 0.29) is 18.0 Å². The molecule has 184 valence electrons. The van der Waals surface area contributed by atoms with E-state index in [1.165, 1.54) is 16.7 Å². The summed E-state index contributed by atoms with van der Waals surface area (Å²) in [4.78, 5) is 26.9. The van der Waals surface area contributed by atoms with Crippen LogP contribution in [0.15, 0.2) is 47.5 Å². The van der Waals surface area contributed by atoms with Gasteiger partial charge in [0.2, 0.25) is 5.91 Å². The second-order valence-electron chi connectivity index (χ2n) is 9.45. The molecule has 1 aliphatic heterocycles. The maximum atomic E-state index is 13.3. The predicted octanol–water partition coefficient (Wildman–Crippen LogP) is 3.62. The first-order valence-electron chi connectivity index (χ1n) is 12.0. The van der Waals surface area contributed by atoms with Crippen molar-refractivity contribution in [2.75, 3.05) is 33.2 Å². The molecule has 9 heteroatoms. The normalized spacial score (nSPS) is 20.7. The first-order chi connectivity index (χ1) is 16.9. The molecular weight excluding hydrogens is 528 g/mol. The van der Waals surface area contributed by atoms with Crippen LogP contribution in [0, 0.1) is 6.92 Å². The largest absolute Gasteiger partial charge is 0.353 e. The van der Waals surface area contributed by atoms with Gasteiger partial charge in [0, 0.05) is 60.3 Å². The summed E-state index contributed by atoms with van der Waals surface area (Å²) in [5, 5.41) is 3.90. The van der Waals surface area contributed by atoms with E-state index in [0.29, 0.717) is 19.6 Å². The highest BCUT2D eigenvalue weighted by molar-refractivity contribution is 9.10. The molecule has 0 saturated carbocycles. The van der Waals surface area contributed by atoms with Crippen LogP contribution in [0.1, 0.15) is 34.1 Å². The number of carbonyl (C=O) groups excluding carboxylic acids is 1. The topological polar surface area (TPSA) is 66.3 Å². The maximum Gasteiger partial charge on any atom is 0.238 e. The fraction of sp³-hybridized carbons (Fsp3) is 0.423. The second-order valence-corrected chi connectivity index (χ2v) is 10.8. The van der Waals surface area contributed by atoms with Gasteiger partial charge < -0.3 is 9.88 Å². The molecule has 35 heavy (non-hydrogen) atoms. The number of nitrogens with one attached hydrogen (secondary N) is 1. The summed E-state index contributed by atoms with van der Waals surface area (Å²) in [7, 11) is 2.03. The number of aryl methyl sites for hydroxylation is 3. The second kappa shape index (κ2) is 10.4. The molecule has 1 fully saturated rings. The number of amides is 1. The number of hydrogen-bond donors (Lipinski definition) is 1. The summed E-state index contributed by atoms with van der Waals surface area (Å²) in [6.45, 7) is 5.60. The van der Waals surface area contributed by atoms with Gasteiger partial charge in [-0.05, 0) is 77.6 Å². The van der Waals surface area contributed by atoms with Crippen molar-refractivity contribution in [1.82, 2.24) is 29.7 Å². The molecule has 1 unspecified atom stereocenters. The number of carbonyl (C=O) groups is 1. The van der Waals surface area contributed by atoms with Gasteiger partial charge in [0.15, 0.2) is 0 Å². The number of fused-ring (bicyclic) bond motifs is 2. The van der Waals surface area contributed by atoms with Crippen molar-refractivity contribution in [3.05, 3.63) is 80.6 Å². The van der Waals surface area contributed by atoms with Crippen molar-refractivity contribution >= 4 is 33.4 Å². The Morgan fingerprint density at radius 3 is 2.83 bits per heavy atom. The van der Waals surface area contributed by atoms with Crippen molar-refractivity contribution in [2.45, 2.75) is 38.4 Å². The van der Waals surface area contributed by atoms with Crippen LogP contribution in [0.25, 0.3) is 0 Å². The van der Waals surface area contributed by atoms with Crippen LogP contribution in [0.4, 0.5) is 0 Å². The quantitative estimate of drug-likeness (QED) is 0.519. The van der Waals surface area contributed by atoms with E-state index in [9.17, 15) is 4.79 Å². The van der Waals surface area contributed by atoms with Gasteiger partial charge in [-0.1, -0.05) is 17.7 Å². The minimum Gasteiger partial charge on any atom is -0.353 e. The number of likely N-dealkylation sites (N-methyl/N-ethyl adjacent to an activating group) is 1. The molecule has 1 amide bonds. The summed E-state index contributed by atoms with van der Waals surface area (Å²) >= 11 is 9.97. The molecule has 2 aliphatic rings. The summed E-state index contributed by atoms with van der Waals surface area (Å²) in [5.74, 6) is 0.0592. The smallest absolute Gasteiger partial charge is 0.238 e. The fourth-order valence-corrected chi connectivity index (χ4v) is 5.81. The van der Waals surface area contributed by atoms with Gasteiger partial charge in [0.05, 0.1) is 18.1 Å². The molecule has 1 aromatic carbocycles. The monoisotopic (exact) mass is 556 g/mol. The van der Waals surface area contributed by atoms with Gasteiger partial charge in [-0.25, -0.2) is 4.98 Å². The number of pyridine rings is 1. The Labute approximate surface area is 219 Å². The Hall–Kier alpha value is -2.26. The summed E-state index contributed by atoms with van der Waals surface area (Å²) in [6.07, 6.45) is 7.34. The van der Waals surface area contributed by atoms with Gasteiger partial charge in [0.25, 0.3) is 0 Å². The lowest BCUT2D eigenvalue weighted by atomic mass is 9.95. The Kier molecular flexibility index (Phi) is 7.25. The van der Waals surface area contributed by atoms with Crippen molar-refractivity contribution in [1.29, 1.82) is 0 Å². The fourth-order valence-electron chi connectivity index (χ4n) is 5.23. The standard InChI is InChI=1S/C26H30BrClN6O/c1-17-13-29-16-34(17)8-7-30-26(35)23-15-33(10-9-32(23)2)25-22-6-5-21(28)12-18(22)3-4-19-11-20(27)14-31-24(19)25/h5-6,11-14,16,23,25H,3-4,7-10,15H2,1-2H3,(H,30,35)/t23-,25?/m1/s1. The highest BCUT2D eigenvalue weighted by Crippen LogP contribution is 2.38. The van der Waals surface area contributed by atoms with Gasteiger partial charge in [-0.3, -0.25) is 19.6 Å². The Balaban J connectivity index is 1.39. The number of imidazole rings is 1. The average Bonchev–Trinajstić information content (AvgIpc) is 3.17.